The van der Waals surface area contributed by atoms with Crippen molar-refractivity contribution in [1.82, 2.24) is 4.31 Å². The molecule has 17 heavy (non-hydrogen) atoms. The molecule has 0 atom stereocenters. The third kappa shape index (κ3) is 3.14. The van der Waals surface area contributed by atoms with Gasteiger partial charge in [0.2, 0.25) is 10.0 Å². The average molecular weight is 322 g/mol. The SMILES string of the molecule is C=CCN(CC)S(=O)(=O)c1ccc(Br)cc1F. The molecule has 0 amide bonds. The Balaban J connectivity index is 3.24. The van der Waals surface area contributed by atoms with Crippen LogP contribution in [0.2, 0.25) is 0 Å². The summed E-state index contributed by atoms with van der Waals surface area (Å²) in [7, 11) is -3.79. The average Bonchev–Trinajstić information content (AvgIpc) is 2.24. The molecule has 0 aromatic heterocycles. The lowest BCUT2D eigenvalue weighted by Crippen LogP contribution is -2.31. The number of halogens is 2. The minimum absolute atomic E-state index is 0.161. The number of sulfonamides is 1. The molecule has 0 heterocycles. The molecule has 0 spiro atoms. The van der Waals surface area contributed by atoms with Crippen LogP contribution in [-0.4, -0.2) is 25.8 Å². The largest absolute Gasteiger partial charge is 0.246 e. The summed E-state index contributed by atoms with van der Waals surface area (Å²) >= 11 is 3.08. The second-order valence-corrected chi connectivity index (χ2v) is 6.14. The Hall–Kier alpha value is -0.720. The third-order valence-electron chi connectivity index (χ3n) is 2.20. The summed E-state index contributed by atoms with van der Waals surface area (Å²) in [6.07, 6.45) is 1.47. The van der Waals surface area contributed by atoms with Crippen molar-refractivity contribution in [2.75, 3.05) is 13.1 Å². The molecule has 3 nitrogen and oxygen atoms in total. The van der Waals surface area contributed by atoms with Crippen molar-refractivity contribution in [2.45, 2.75) is 11.8 Å². The van der Waals surface area contributed by atoms with Crippen LogP contribution in [0.1, 0.15) is 6.92 Å². The topological polar surface area (TPSA) is 37.4 Å². The molecule has 0 unspecified atom stereocenters. The standard InChI is InChI=1S/C11H13BrFNO2S/c1-3-7-14(4-2)17(15,16)11-6-5-9(12)8-10(11)13/h3,5-6,8H,1,4,7H2,2H3. The van der Waals surface area contributed by atoms with Crippen LogP contribution in [-0.2, 0) is 10.0 Å². The van der Waals surface area contributed by atoms with Gasteiger partial charge in [0, 0.05) is 17.6 Å². The number of benzene rings is 1. The summed E-state index contributed by atoms with van der Waals surface area (Å²) in [5, 5.41) is 0. The van der Waals surface area contributed by atoms with Crippen molar-refractivity contribution in [1.29, 1.82) is 0 Å². The van der Waals surface area contributed by atoms with E-state index in [1.165, 1.54) is 18.2 Å². The molecule has 0 saturated carbocycles. The maximum Gasteiger partial charge on any atom is 0.246 e. The van der Waals surface area contributed by atoms with Gasteiger partial charge in [-0.1, -0.05) is 28.9 Å². The van der Waals surface area contributed by atoms with E-state index in [1.807, 2.05) is 0 Å². The Morgan fingerprint density at radius 1 is 1.53 bits per heavy atom. The molecule has 0 N–H and O–H groups in total. The quantitative estimate of drug-likeness (QED) is 0.782. The molecule has 0 fully saturated rings. The Morgan fingerprint density at radius 3 is 2.65 bits per heavy atom. The highest BCUT2D eigenvalue weighted by atomic mass is 79.9. The summed E-state index contributed by atoms with van der Waals surface area (Å²) in [6.45, 7) is 5.61. The first-order valence-corrected chi connectivity index (χ1v) is 7.23. The summed E-state index contributed by atoms with van der Waals surface area (Å²) in [5.74, 6) is -0.762. The van der Waals surface area contributed by atoms with Gasteiger partial charge >= 0.3 is 0 Å². The van der Waals surface area contributed by atoms with Gasteiger partial charge in [-0.3, -0.25) is 0 Å². The van der Waals surface area contributed by atoms with E-state index in [9.17, 15) is 12.8 Å². The van der Waals surface area contributed by atoms with Crippen molar-refractivity contribution in [3.8, 4) is 0 Å². The fraction of sp³-hybridized carbons (Fsp3) is 0.273. The van der Waals surface area contributed by atoms with Crippen molar-refractivity contribution in [3.63, 3.8) is 0 Å². The molecule has 0 aliphatic carbocycles. The van der Waals surface area contributed by atoms with Crippen LogP contribution in [0.3, 0.4) is 0 Å². The molecular weight excluding hydrogens is 309 g/mol. The molecular formula is C11H13BrFNO2S. The Kier molecular flexibility index (Phi) is 4.85. The van der Waals surface area contributed by atoms with E-state index < -0.39 is 15.8 Å². The maximum absolute atomic E-state index is 13.6. The first-order valence-electron chi connectivity index (χ1n) is 4.99. The summed E-state index contributed by atoms with van der Waals surface area (Å²) in [6, 6.07) is 3.88. The van der Waals surface area contributed by atoms with E-state index in [4.69, 9.17) is 0 Å². The fourth-order valence-electron chi connectivity index (χ4n) is 1.36. The van der Waals surface area contributed by atoms with Crippen molar-refractivity contribution in [2.24, 2.45) is 0 Å². The van der Waals surface area contributed by atoms with Crippen molar-refractivity contribution < 1.29 is 12.8 Å². The van der Waals surface area contributed by atoms with Gasteiger partial charge in [0.1, 0.15) is 10.7 Å². The lowest BCUT2D eigenvalue weighted by Gasteiger charge is -2.19. The van der Waals surface area contributed by atoms with Crippen LogP contribution in [0, 0.1) is 5.82 Å². The number of rotatable bonds is 5. The van der Waals surface area contributed by atoms with Gasteiger partial charge in [0.25, 0.3) is 0 Å². The lowest BCUT2D eigenvalue weighted by atomic mass is 10.3. The van der Waals surface area contributed by atoms with Crippen LogP contribution < -0.4 is 0 Å². The van der Waals surface area contributed by atoms with Gasteiger partial charge in [-0.05, 0) is 18.2 Å². The van der Waals surface area contributed by atoms with Crippen LogP contribution >= 0.6 is 15.9 Å². The Bertz CT molecular complexity index is 516. The molecule has 0 bridgehead atoms. The van der Waals surface area contributed by atoms with Gasteiger partial charge in [-0.15, -0.1) is 6.58 Å². The van der Waals surface area contributed by atoms with Gasteiger partial charge in [0.15, 0.2) is 0 Å². The fourth-order valence-corrected chi connectivity index (χ4v) is 3.16. The molecule has 0 radical (unpaired) electrons. The molecule has 0 aliphatic rings. The molecule has 6 heteroatoms. The second kappa shape index (κ2) is 5.75. The van der Waals surface area contributed by atoms with Crippen LogP contribution in [0.5, 0.6) is 0 Å². The maximum atomic E-state index is 13.6. The predicted molar refractivity (Wildman–Crippen MR) is 68.7 cm³/mol. The highest BCUT2D eigenvalue weighted by molar-refractivity contribution is 9.10. The van der Waals surface area contributed by atoms with E-state index in [0.29, 0.717) is 4.47 Å². The van der Waals surface area contributed by atoms with E-state index in [-0.39, 0.29) is 18.0 Å². The third-order valence-corrected chi connectivity index (χ3v) is 4.66. The Labute approximate surface area is 109 Å². The zero-order valence-corrected chi connectivity index (χ0v) is 11.8. The van der Waals surface area contributed by atoms with Gasteiger partial charge in [0.05, 0.1) is 0 Å². The summed E-state index contributed by atoms with van der Waals surface area (Å²) in [5.41, 5.74) is 0. The number of nitrogens with zero attached hydrogens (tertiary/aromatic N) is 1. The normalized spacial score (nSPS) is 11.8. The van der Waals surface area contributed by atoms with Gasteiger partial charge in [-0.2, -0.15) is 4.31 Å². The van der Waals surface area contributed by atoms with Crippen molar-refractivity contribution in [3.05, 3.63) is 41.1 Å². The summed E-state index contributed by atoms with van der Waals surface area (Å²) < 4.78 is 39.5. The number of hydrogen-bond donors (Lipinski definition) is 0. The van der Waals surface area contributed by atoms with Crippen LogP contribution in [0.25, 0.3) is 0 Å². The van der Waals surface area contributed by atoms with E-state index >= 15 is 0 Å². The monoisotopic (exact) mass is 321 g/mol. The predicted octanol–water partition coefficient (Wildman–Crippen LogP) is 2.78. The highest BCUT2D eigenvalue weighted by Gasteiger charge is 2.25. The van der Waals surface area contributed by atoms with E-state index in [0.717, 1.165) is 10.4 Å². The minimum atomic E-state index is -3.79. The zero-order chi connectivity index (χ0) is 13.1. The smallest absolute Gasteiger partial charge is 0.207 e. The van der Waals surface area contributed by atoms with Gasteiger partial charge < -0.3 is 0 Å². The Morgan fingerprint density at radius 2 is 2.18 bits per heavy atom. The van der Waals surface area contributed by atoms with Crippen LogP contribution in [0.4, 0.5) is 4.39 Å². The zero-order valence-electron chi connectivity index (χ0n) is 9.36. The minimum Gasteiger partial charge on any atom is -0.207 e. The van der Waals surface area contributed by atoms with Crippen LogP contribution in [0.15, 0.2) is 40.2 Å². The van der Waals surface area contributed by atoms with E-state index in [1.54, 1.807) is 6.92 Å². The molecule has 1 rings (SSSR count). The van der Waals surface area contributed by atoms with Crippen molar-refractivity contribution >= 4 is 26.0 Å². The number of hydrogen-bond acceptors (Lipinski definition) is 2. The molecule has 94 valence electrons. The number of likely N-dealkylation sites (N-methyl/N-ethyl adjacent to an activating group) is 1. The van der Waals surface area contributed by atoms with Gasteiger partial charge in [-0.25, -0.2) is 12.8 Å². The lowest BCUT2D eigenvalue weighted by molar-refractivity contribution is 0.453. The molecule has 0 saturated heterocycles. The molecule has 1 aromatic rings. The van der Waals surface area contributed by atoms with E-state index in [2.05, 4.69) is 22.5 Å². The summed E-state index contributed by atoms with van der Waals surface area (Å²) in [4.78, 5) is -0.315. The first-order chi connectivity index (χ1) is 7.93. The second-order valence-electron chi connectivity index (χ2n) is 3.32. The first kappa shape index (κ1) is 14.3. The highest BCUT2D eigenvalue weighted by Crippen LogP contribution is 2.22. The molecule has 1 aromatic carbocycles. The molecule has 0 aliphatic heterocycles.